The smallest absolute Gasteiger partial charge is 0.251 e. The van der Waals surface area contributed by atoms with E-state index in [0.717, 1.165) is 44.7 Å². The Kier molecular flexibility index (Phi) is 5.83. The van der Waals surface area contributed by atoms with Gasteiger partial charge in [0.25, 0.3) is 5.91 Å². The minimum atomic E-state index is -0.0489. The first kappa shape index (κ1) is 15.3. The highest BCUT2D eigenvalue weighted by Crippen LogP contribution is 2.16. The van der Waals surface area contributed by atoms with Crippen LogP contribution in [0.1, 0.15) is 22.3 Å². The Labute approximate surface area is 125 Å². The van der Waals surface area contributed by atoms with Crippen LogP contribution >= 0.6 is 11.6 Å². The van der Waals surface area contributed by atoms with E-state index in [1.165, 1.54) is 0 Å². The van der Waals surface area contributed by atoms with Crippen LogP contribution in [0.25, 0.3) is 0 Å². The molecule has 1 aliphatic rings. The molecule has 1 heterocycles. The van der Waals surface area contributed by atoms with Crippen LogP contribution in [0.2, 0.25) is 5.02 Å². The van der Waals surface area contributed by atoms with Crippen molar-refractivity contribution in [3.63, 3.8) is 0 Å². The summed E-state index contributed by atoms with van der Waals surface area (Å²) in [5, 5.41) is 6.91. The molecule has 1 fully saturated rings. The summed E-state index contributed by atoms with van der Waals surface area (Å²) in [7, 11) is 0. The van der Waals surface area contributed by atoms with Crippen LogP contribution in [0.15, 0.2) is 18.2 Å². The molecule has 1 saturated heterocycles. The molecule has 2 N–H and O–H groups in total. The van der Waals surface area contributed by atoms with Gasteiger partial charge in [0.15, 0.2) is 0 Å². The number of carbonyl (C=O) groups is 1. The molecule has 0 saturated carbocycles. The first-order valence-electron chi connectivity index (χ1n) is 7.14. The molecule has 0 bridgehead atoms. The zero-order valence-electron chi connectivity index (χ0n) is 11.9. The molecule has 20 heavy (non-hydrogen) atoms. The topological polar surface area (TPSA) is 44.4 Å². The number of benzene rings is 1. The van der Waals surface area contributed by atoms with Gasteiger partial charge < -0.3 is 15.5 Å². The van der Waals surface area contributed by atoms with E-state index in [2.05, 4.69) is 15.5 Å². The van der Waals surface area contributed by atoms with Crippen LogP contribution in [0.5, 0.6) is 0 Å². The molecule has 0 atom stereocenters. The van der Waals surface area contributed by atoms with Crippen molar-refractivity contribution < 1.29 is 4.79 Å². The molecule has 4 nitrogen and oxygen atoms in total. The average Bonchev–Trinajstić information content (AvgIpc) is 2.47. The first-order chi connectivity index (χ1) is 9.66. The third kappa shape index (κ3) is 4.47. The minimum absolute atomic E-state index is 0.0489. The van der Waals surface area contributed by atoms with Crippen LogP contribution < -0.4 is 10.6 Å². The summed E-state index contributed by atoms with van der Waals surface area (Å²) in [6.07, 6.45) is 0.978. The van der Waals surface area contributed by atoms with E-state index >= 15 is 0 Å². The maximum atomic E-state index is 12.0. The predicted octanol–water partition coefficient (Wildman–Crippen LogP) is 1.67. The maximum absolute atomic E-state index is 12.0. The van der Waals surface area contributed by atoms with E-state index in [1.807, 2.05) is 19.1 Å². The number of carbonyl (C=O) groups excluding carboxylic acids is 1. The SMILES string of the molecule is Cc1ccc(C(=O)NCCCN2CCNCC2)cc1Cl. The largest absolute Gasteiger partial charge is 0.352 e. The summed E-state index contributed by atoms with van der Waals surface area (Å²) in [6.45, 7) is 7.99. The molecule has 1 aromatic rings. The molecule has 0 unspecified atom stereocenters. The number of hydrogen-bond acceptors (Lipinski definition) is 3. The highest BCUT2D eigenvalue weighted by molar-refractivity contribution is 6.31. The zero-order chi connectivity index (χ0) is 14.4. The van der Waals surface area contributed by atoms with Gasteiger partial charge in [-0.1, -0.05) is 17.7 Å². The highest BCUT2D eigenvalue weighted by Gasteiger charge is 2.10. The number of aryl methyl sites for hydroxylation is 1. The van der Waals surface area contributed by atoms with E-state index < -0.39 is 0 Å². The third-order valence-electron chi connectivity index (χ3n) is 3.58. The van der Waals surface area contributed by atoms with Crippen molar-refractivity contribution in [1.82, 2.24) is 15.5 Å². The van der Waals surface area contributed by atoms with Crippen molar-refractivity contribution in [1.29, 1.82) is 0 Å². The average molecular weight is 296 g/mol. The Morgan fingerprint density at radius 2 is 2.15 bits per heavy atom. The molecule has 0 aliphatic carbocycles. The number of amides is 1. The van der Waals surface area contributed by atoms with Crippen molar-refractivity contribution in [2.24, 2.45) is 0 Å². The van der Waals surface area contributed by atoms with Crippen molar-refractivity contribution in [2.75, 3.05) is 39.3 Å². The lowest BCUT2D eigenvalue weighted by molar-refractivity contribution is 0.0951. The van der Waals surface area contributed by atoms with Crippen molar-refractivity contribution in [3.05, 3.63) is 34.3 Å². The van der Waals surface area contributed by atoms with Crippen LogP contribution in [0.3, 0.4) is 0 Å². The van der Waals surface area contributed by atoms with E-state index in [0.29, 0.717) is 17.1 Å². The zero-order valence-corrected chi connectivity index (χ0v) is 12.7. The van der Waals surface area contributed by atoms with Crippen molar-refractivity contribution >= 4 is 17.5 Å². The predicted molar refractivity (Wildman–Crippen MR) is 82.4 cm³/mol. The Morgan fingerprint density at radius 3 is 2.85 bits per heavy atom. The lowest BCUT2D eigenvalue weighted by Crippen LogP contribution is -2.44. The maximum Gasteiger partial charge on any atom is 0.251 e. The first-order valence-corrected chi connectivity index (χ1v) is 7.52. The van der Waals surface area contributed by atoms with Gasteiger partial charge in [-0.2, -0.15) is 0 Å². The summed E-state index contributed by atoms with van der Waals surface area (Å²) < 4.78 is 0. The molecule has 0 radical (unpaired) electrons. The molecule has 110 valence electrons. The lowest BCUT2D eigenvalue weighted by Gasteiger charge is -2.27. The van der Waals surface area contributed by atoms with Gasteiger partial charge in [0.1, 0.15) is 0 Å². The fraction of sp³-hybridized carbons (Fsp3) is 0.533. The van der Waals surface area contributed by atoms with Crippen LogP contribution in [0.4, 0.5) is 0 Å². The normalized spacial score (nSPS) is 16.1. The monoisotopic (exact) mass is 295 g/mol. The fourth-order valence-electron chi connectivity index (χ4n) is 2.28. The lowest BCUT2D eigenvalue weighted by atomic mass is 10.1. The molecule has 1 amide bonds. The van der Waals surface area contributed by atoms with E-state index in [1.54, 1.807) is 6.07 Å². The molecule has 2 rings (SSSR count). The molecule has 5 heteroatoms. The second kappa shape index (κ2) is 7.62. The van der Waals surface area contributed by atoms with Gasteiger partial charge in [-0.3, -0.25) is 4.79 Å². The molecular weight excluding hydrogens is 274 g/mol. The van der Waals surface area contributed by atoms with Gasteiger partial charge in [0.2, 0.25) is 0 Å². The summed E-state index contributed by atoms with van der Waals surface area (Å²) in [5.74, 6) is -0.0489. The second-order valence-corrected chi connectivity index (χ2v) is 5.57. The van der Waals surface area contributed by atoms with Gasteiger partial charge in [-0.25, -0.2) is 0 Å². The minimum Gasteiger partial charge on any atom is -0.352 e. The van der Waals surface area contributed by atoms with E-state index in [-0.39, 0.29) is 5.91 Å². The quantitative estimate of drug-likeness (QED) is 0.812. The standard InChI is InChI=1S/C15H22ClN3O/c1-12-3-4-13(11-14(12)16)15(20)18-5-2-8-19-9-6-17-7-10-19/h3-4,11,17H,2,5-10H2,1H3,(H,18,20). The van der Waals surface area contributed by atoms with Gasteiger partial charge in [-0.15, -0.1) is 0 Å². The number of hydrogen-bond donors (Lipinski definition) is 2. The summed E-state index contributed by atoms with van der Waals surface area (Å²) in [6, 6.07) is 5.41. The Hall–Kier alpha value is -1.10. The second-order valence-electron chi connectivity index (χ2n) is 5.17. The molecule has 1 aliphatic heterocycles. The summed E-state index contributed by atoms with van der Waals surface area (Å²) in [4.78, 5) is 14.4. The van der Waals surface area contributed by atoms with Crippen molar-refractivity contribution in [3.8, 4) is 0 Å². The van der Waals surface area contributed by atoms with Crippen LogP contribution in [0, 0.1) is 6.92 Å². The van der Waals surface area contributed by atoms with E-state index in [9.17, 15) is 4.79 Å². The van der Waals surface area contributed by atoms with Crippen molar-refractivity contribution in [2.45, 2.75) is 13.3 Å². The highest BCUT2D eigenvalue weighted by atomic mass is 35.5. The number of halogens is 1. The molecule has 1 aromatic carbocycles. The molecule has 0 aromatic heterocycles. The summed E-state index contributed by atoms with van der Waals surface area (Å²) in [5.41, 5.74) is 1.62. The number of nitrogens with one attached hydrogen (secondary N) is 2. The van der Waals surface area contributed by atoms with Gasteiger partial charge >= 0.3 is 0 Å². The van der Waals surface area contributed by atoms with Crippen LogP contribution in [-0.2, 0) is 0 Å². The third-order valence-corrected chi connectivity index (χ3v) is 3.99. The Morgan fingerprint density at radius 1 is 1.40 bits per heavy atom. The van der Waals surface area contributed by atoms with Crippen LogP contribution in [-0.4, -0.2) is 50.1 Å². The Bertz CT molecular complexity index is 458. The summed E-state index contributed by atoms with van der Waals surface area (Å²) >= 11 is 6.03. The van der Waals surface area contributed by atoms with Gasteiger partial charge in [0.05, 0.1) is 0 Å². The molecular formula is C15H22ClN3O. The Balaban J connectivity index is 1.70. The molecule has 0 spiro atoms. The van der Waals surface area contributed by atoms with E-state index in [4.69, 9.17) is 11.6 Å². The fourth-order valence-corrected chi connectivity index (χ4v) is 2.46. The van der Waals surface area contributed by atoms with Gasteiger partial charge in [-0.05, 0) is 37.6 Å². The number of rotatable bonds is 5. The number of nitrogens with zero attached hydrogens (tertiary/aromatic N) is 1. The number of piperazine rings is 1. The van der Waals surface area contributed by atoms with Gasteiger partial charge in [0, 0.05) is 43.3 Å².